The number of ether oxygens (including phenoxy) is 1. The van der Waals surface area contributed by atoms with Crippen LogP contribution < -0.4 is 4.90 Å². The van der Waals surface area contributed by atoms with Crippen LogP contribution in [-0.2, 0) is 20.9 Å². The molecule has 0 N–H and O–H groups in total. The summed E-state index contributed by atoms with van der Waals surface area (Å²) in [5.41, 5.74) is 0.123. The zero-order chi connectivity index (χ0) is 20.8. The van der Waals surface area contributed by atoms with Crippen molar-refractivity contribution >= 4 is 35.1 Å². The maximum absolute atomic E-state index is 13.4. The first-order valence-electron chi connectivity index (χ1n) is 9.53. The van der Waals surface area contributed by atoms with Gasteiger partial charge in [0.25, 0.3) is 5.91 Å². The molecule has 0 aromatic heterocycles. The smallest absolute Gasteiger partial charge is 0.354 e. The molecule has 6 nitrogen and oxygen atoms in total. The van der Waals surface area contributed by atoms with Crippen LogP contribution in [0.15, 0.2) is 48.5 Å². The van der Waals surface area contributed by atoms with Gasteiger partial charge in [-0.1, -0.05) is 35.9 Å². The van der Waals surface area contributed by atoms with Gasteiger partial charge in [-0.3, -0.25) is 14.5 Å². The normalized spacial score (nSPS) is 20.7. The zero-order valence-electron chi connectivity index (χ0n) is 16.2. The van der Waals surface area contributed by atoms with Gasteiger partial charge in [0.2, 0.25) is 11.6 Å². The van der Waals surface area contributed by atoms with Gasteiger partial charge in [-0.05, 0) is 43.7 Å². The molecule has 2 aliphatic rings. The molecule has 2 heterocycles. The van der Waals surface area contributed by atoms with E-state index in [2.05, 4.69) is 0 Å². The summed E-state index contributed by atoms with van der Waals surface area (Å²) < 4.78 is 5.63. The molecule has 2 aromatic rings. The second kappa shape index (κ2) is 7.19. The van der Waals surface area contributed by atoms with Gasteiger partial charge >= 0.3 is 5.97 Å². The SMILES string of the molecule is CC(C)N1C(=O)c2ccccc2N2C(=O)CCC21C(=O)OCc1cccc(Cl)c1. The van der Waals surface area contributed by atoms with Gasteiger partial charge in [-0.25, -0.2) is 4.79 Å². The minimum atomic E-state index is -1.48. The third kappa shape index (κ3) is 2.99. The van der Waals surface area contributed by atoms with Crippen molar-refractivity contribution < 1.29 is 19.1 Å². The maximum atomic E-state index is 13.4. The van der Waals surface area contributed by atoms with Crippen molar-refractivity contribution in [2.75, 3.05) is 4.90 Å². The number of fused-ring (bicyclic) bond motifs is 3. The third-order valence-corrected chi connectivity index (χ3v) is 5.64. The van der Waals surface area contributed by atoms with Crippen molar-refractivity contribution in [1.29, 1.82) is 0 Å². The third-order valence-electron chi connectivity index (χ3n) is 5.40. The van der Waals surface area contributed by atoms with Crippen LogP contribution in [0.2, 0.25) is 5.02 Å². The highest BCUT2D eigenvalue weighted by atomic mass is 35.5. The van der Waals surface area contributed by atoms with Crippen LogP contribution in [0.3, 0.4) is 0 Å². The fraction of sp³-hybridized carbons (Fsp3) is 0.318. The number of hydrogen-bond acceptors (Lipinski definition) is 4. The second-order valence-electron chi connectivity index (χ2n) is 7.54. The predicted octanol–water partition coefficient (Wildman–Crippen LogP) is 3.77. The van der Waals surface area contributed by atoms with E-state index in [0.717, 1.165) is 5.56 Å². The average Bonchev–Trinajstić information content (AvgIpc) is 3.04. The van der Waals surface area contributed by atoms with Gasteiger partial charge in [0.05, 0.1) is 11.3 Å². The molecule has 29 heavy (non-hydrogen) atoms. The Hall–Kier alpha value is -2.86. The average molecular weight is 413 g/mol. The summed E-state index contributed by atoms with van der Waals surface area (Å²) in [5, 5.41) is 0.542. The molecule has 0 saturated carbocycles. The first-order chi connectivity index (χ1) is 13.9. The van der Waals surface area contributed by atoms with Crippen molar-refractivity contribution in [3.63, 3.8) is 0 Å². The van der Waals surface area contributed by atoms with E-state index in [-0.39, 0.29) is 37.3 Å². The molecule has 1 fully saturated rings. The molecule has 2 aromatic carbocycles. The summed E-state index contributed by atoms with van der Waals surface area (Å²) in [5.74, 6) is -1.09. The van der Waals surface area contributed by atoms with Gasteiger partial charge in [0, 0.05) is 23.9 Å². The number of para-hydroxylation sites is 1. The molecular formula is C22H21ClN2O4. The molecule has 150 valence electrons. The minimum Gasteiger partial charge on any atom is -0.458 e. The quantitative estimate of drug-likeness (QED) is 0.717. The second-order valence-corrected chi connectivity index (χ2v) is 7.97. The standard InChI is InChI=1S/C22H21ClN2O4/c1-14(2)24-20(27)17-8-3-4-9-18(17)25-19(26)10-11-22(24,25)21(28)29-13-15-6-5-7-16(23)12-15/h3-9,12,14H,10-11,13H2,1-2H3. The van der Waals surface area contributed by atoms with Crippen molar-refractivity contribution in [3.8, 4) is 0 Å². The summed E-state index contributed by atoms with van der Waals surface area (Å²) >= 11 is 6.01. The number of hydrogen-bond donors (Lipinski definition) is 0. The maximum Gasteiger partial charge on any atom is 0.354 e. The van der Waals surface area contributed by atoms with E-state index in [4.69, 9.17) is 16.3 Å². The molecule has 1 unspecified atom stereocenters. The number of esters is 1. The Morgan fingerprint density at radius 3 is 2.66 bits per heavy atom. The summed E-state index contributed by atoms with van der Waals surface area (Å²) in [4.78, 5) is 42.5. The van der Waals surface area contributed by atoms with Crippen molar-refractivity contribution in [2.45, 2.75) is 45.0 Å². The van der Waals surface area contributed by atoms with E-state index in [1.165, 1.54) is 9.80 Å². The van der Waals surface area contributed by atoms with E-state index in [1.807, 2.05) is 13.8 Å². The molecule has 0 spiro atoms. The number of amides is 2. The number of carbonyl (C=O) groups is 3. The number of benzene rings is 2. The molecule has 0 bridgehead atoms. The number of nitrogens with zero attached hydrogens (tertiary/aromatic N) is 2. The molecule has 1 atom stereocenters. The van der Waals surface area contributed by atoms with Gasteiger partial charge in [-0.2, -0.15) is 0 Å². The van der Waals surface area contributed by atoms with E-state index in [0.29, 0.717) is 16.3 Å². The van der Waals surface area contributed by atoms with E-state index in [1.54, 1.807) is 48.5 Å². The van der Waals surface area contributed by atoms with Crippen LogP contribution in [0.5, 0.6) is 0 Å². The molecule has 0 aliphatic carbocycles. The van der Waals surface area contributed by atoms with E-state index >= 15 is 0 Å². The molecule has 7 heteroatoms. The largest absolute Gasteiger partial charge is 0.458 e. The number of carbonyl (C=O) groups excluding carboxylic acids is 3. The van der Waals surface area contributed by atoms with Crippen LogP contribution in [-0.4, -0.2) is 34.4 Å². The van der Waals surface area contributed by atoms with E-state index < -0.39 is 11.6 Å². The van der Waals surface area contributed by atoms with Crippen molar-refractivity contribution in [2.24, 2.45) is 0 Å². The lowest BCUT2D eigenvalue weighted by molar-refractivity contribution is -0.159. The van der Waals surface area contributed by atoms with Crippen molar-refractivity contribution in [1.82, 2.24) is 4.90 Å². The lowest BCUT2D eigenvalue weighted by Crippen LogP contribution is -2.70. The Labute approximate surface area is 174 Å². The van der Waals surface area contributed by atoms with Crippen LogP contribution in [0.4, 0.5) is 5.69 Å². The summed E-state index contributed by atoms with van der Waals surface area (Å²) in [7, 11) is 0. The lowest BCUT2D eigenvalue weighted by atomic mass is 9.95. The van der Waals surface area contributed by atoms with Crippen molar-refractivity contribution in [3.05, 3.63) is 64.7 Å². The Balaban J connectivity index is 1.76. The van der Waals surface area contributed by atoms with Gasteiger partial charge in [-0.15, -0.1) is 0 Å². The minimum absolute atomic E-state index is 0.00491. The molecule has 2 aliphatic heterocycles. The lowest BCUT2D eigenvalue weighted by Gasteiger charge is -2.50. The summed E-state index contributed by atoms with van der Waals surface area (Å²) in [6, 6.07) is 13.6. The van der Waals surface area contributed by atoms with Gasteiger partial charge in [0.1, 0.15) is 6.61 Å². The summed E-state index contributed by atoms with van der Waals surface area (Å²) in [6.07, 6.45) is 0.357. The molecular weight excluding hydrogens is 392 g/mol. The molecule has 1 saturated heterocycles. The first kappa shape index (κ1) is 19.5. The first-order valence-corrected chi connectivity index (χ1v) is 9.91. The van der Waals surface area contributed by atoms with Gasteiger partial charge in [0.15, 0.2) is 0 Å². The highest BCUT2D eigenvalue weighted by Crippen LogP contribution is 2.46. The Morgan fingerprint density at radius 2 is 1.93 bits per heavy atom. The van der Waals surface area contributed by atoms with E-state index in [9.17, 15) is 14.4 Å². The fourth-order valence-corrected chi connectivity index (χ4v) is 4.48. The highest BCUT2D eigenvalue weighted by molar-refractivity contribution is 6.30. The highest BCUT2D eigenvalue weighted by Gasteiger charge is 2.62. The molecule has 4 rings (SSSR count). The Kier molecular flexibility index (Phi) is 4.82. The van der Waals surface area contributed by atoms with Crippen LogP contribution in [0, 0.1) is 0 Å². The Bertz CT molecular complexity index is 1010. The number of rotatable bonds is 4. The number of anilines is 1. The van der Waals surface area contributed by atoms with Gasteiger partial charge < -0.3 is 9.64 Å². The summed E-state index contributed by atoms with van der Waals surface area (Å²) in [6.45, 7) is 3.67. The monoisotopic (exact) mass is 412 g/mol. The number of halogens is 1. The Morgan fingerprint density at radius 1 is 1.17 bits per heavy atom. The van der Waals surface area contributed by atoms with Crippen LogP contribution >= 0.6 is 11.6 Å². The molecule has 2 amide bonds. The topological polar surface area (TPSA) is 66.9 Å². The fourth-order valence-electron chi connectivity index (χ4n) is 4.26. The van der Waals surface area contributed by atoms with Crippen LogP contribution in [0.1, 0.15) is 42.6 Å². The predicted molar refractivity (Wildman–Crippen MR) is 108 cm³/mol. The van der Waals surface area contributed by atoms with Crippen LogP contribution in [0.25, 0.3) is 0 Å². The molecule has 0 radical (unpaired) electrons. The zero-order valence-corrected chi connectivity index (χ0v) is 17.0.